The fourth-order valence-corrected chi connectivity index (χ4v) is 2.21. The summed E-state index contributed by atoms with van der Waals surface area (Å²) in [4.78, 5) is 0.980. The molecule has 0 saturated heterocycles. The zero-order chi connectivity index (χ0) is 10.9. The largest absolute Gasteiger partial charge is 0.348 e. The summed E-state index contributed by atoms with van der Waals surface area (Å²) in [6.07, 6.45) is 3.94. The molecule has 0 saturated carbocycles. The Morgan fingerprint density at radius 1 is 1.53 bits per heavy atom. The number of hydrogen-bond acceptors (Lipinski definition) is 3. The highest BCUT2D eigenvalue weighted by atomic mass is 127. The number of rotatable bonds is 5. The molecule has 1 unspecified atom stereocenters. The summed E-state index contributed by atoms with van der Waals surface area (Å²) in [5.41, 5.74) is 1.06. The monoisotopic (exact) mass is 349 g/mol. The van der Waals surface area contributed by atoms with Crippen molar-refractivity contribution in [2.45, 2.75) is 4.90 Å². The summed E-state index contributed by atoms with van der Waals surface area (Å²) >= 11 is 3.37. The van der Waals surface area contributed by atoms with Gasteiger partial charge in [0.05, 0.1) is 13.1 Å². The van der Waals surface area contributed by atoms with E-state index in [2.05, 4.69) is 27.4 Å². The van der Waals surface area contributed by atoms with Crippen LogP contribution in [0.5, 0.6) is 0 Å². The van der Waals surface area contributed by atoms with E-state index in [1.165, 1.54) is 11.8 Å². The van der Waals surface area contributed by atoms with Crippen molar-refractivity contribution in [2.75, 3.05) is 6.61 Å². The van der Waals surface area contributed by atoms with E-state index < -0.39 is 0 Å². The van der Waals surface area contributed by atoms with Crippen LogP contribution in [0.2, 0.25) is 0 Å². The van der Waals surface area contributed by atoms with Crippen LogP contribution in [0.3, 0.4) is 0 Å². The lowest BCUT2D eigenvalue weighted by atomic mass is 10.2. The summed E-state index contributed by atoms with van der Waals surface area (Å²) in [6.45, 7) is 1.10. The van der Waals surface area contributed by atoms with Gasteiger partial charge in [-0.3, -0.25) is 0 Å². The Balaban J connectivity index is 2.67. The molecule has 1 aromatic carbocycles. The minimum absolute atomic E-state index is 0.484. The zero-order valence-corrected chi connectivity index (χ0v) is 11.8. The van der Waals surface area contributed by atoms with Gasteiger partial charge >= 0.3 is 0 Å². The summed E-state index contributed by atoms with van der Waals surface area (Å²) in [6, 6.07) is 7.82. The quantitative estimate of drug-likeness (QED) is 0.262. The van der Waals surface area contributed by atoms with Gasteiger partial charge < -0.3 is 4.52 Å². The highest BCUT2D eigenvalue weighted by Crippen LogP contribution is 2.23. The Kier molecular flexibility index (Phi) is 7.03. The van der Waals surface area contributed by atoms with Crippen LogP contribution in [0.15, 0.2) is 35.2 Å². The van der Waals surface area contributed by atoms with E-state index in [4.69, 9.17) is 9.79 Å². The third-order valence-electron chi connectivity index (χ3n) is 1.61. The summed E-state index contributed by atoms with van der Waals surface area (Å²) in [5.74, 6) is 0. The fourth-order valence-electron chi connectivity index (χ4n) is 1.02. The maximum atomic E-state index is 8.62. The Bertz CT molecular complexity index is 378. The summed E-state index contributed by atoms with van der Waals surface area (Å²) in [5, 5.41) is 10.7. The van der Waals surface area contributed by atoms with Crippen molar-refractivity contribution < 1.29 is 4.52 Å². The van der Waals surface area contributed by atoms with Gasteiger partial charge in [-0.2, -0.15) is 5.26 Å². The van der Waals surface area contributed by atoms with E-state index in [0.717, 1.165) is 10.5 Å². The van der Waals surface area contributed by atoms with Crippen molar-refractivity contribution in [2.24, 2.45) is 0 Å². The molecule has 0 amide bonds. The van der Waals surface area contributed by atoms with E-state index in [1.807, 2.05) is 36.4 Å². The van der Waals surface area contributed by atoms with Crippen LogP contribution in [0.25, 0.3) is 6.08 Å². The van der Waals surface area contributed by atoms with Crippen LogP contribution in [0, 0.1) is 10.7 Å². The number of hydrogen-bond donors (Lipinski definition) is 0. The van der Waals surface area contributed by atoms with Crippen LogP contribution in [0.4, 0.5) is 0 Å². The lowest BCUT2D eigenvalue weighted by Crippen LogP contribution is -1.79. The van der Waals surface area contributed by atoms with Gasteiger partial charge in [-0.15, -0.1) is 0 Å². The van der Waals surface area contributed by atoms with Crippen LogP contribution in [-0.2, 0) is 4.52 Å². The Morgan fingerprint density at radius 3 is 3.07 bits per heavy atom. The first-order valence-electron chi connectivity index (χ1n) is 4.17. The average molecular weight is 349 g/mol. The molecular formula is C10H9INOPS. The smallest absolute Gasteiger partial charge is 0.138 e. The zero-order valence-electron chi connectivity index (χ0n) is 7.81. The molecule has 0 heterocycles. The van der Waals surface area contributed by atoms with Crippen molar-refractivity contribution in [3.63, 3.8) is 0 Å². The van der Waals surface area contributed by atoms with Gasteiger partial charge in [-0.25, -0.2) is 0 Å². The summed E-state index contributed by atoms with van der Waals surface area (Å²) < 4.78 is 5.21. The normalized spacial score (nSPS) is 11.2. The molecule has 0 aliphatic heterocycles. The van der Waals surface area contributed by atoms with E-state index in [1.54, 1.807) is 0 Å². The molecule has 78 valence electrons. The molecule has 2 nitrogen and oxygen atoms in total. The van der Waals surface area contributed by atoms with Gasteiger partial charge in [0.2, 0.25) is 0 Å². The standard InChI is InChI=1S/C10H9INOPS/c11-14-13-7-3-5-9-4-1-2-6-10(9)15-8-12/h1-6,14H,7H2/b5-3-. The average Bonchev–Trinajstić information content (AvgIpc) is 2.27. The highest BCUT2D eigenvalue weighted by molar-refractivity contribution is 14.2. The summed E-state index contributed by atoms with van der Waals surface area (Å²) in [7, 11) is 0. The molecule has 0 bridgehead atoms. The van der Waals surface area contributed by atoms with Crippen molar-refractivity contribution >= 4 is 46.3 Å². The molecule has 15 heavy (non-hydrogen) atoms. The number of benzene rings is 1. The van der Waals surface area contributed by atoms with Gasteiger partial charge in [0, 0.05) is 4.90 Å². The number of nitriles is 1. The first-order valence-corrected chi connectivity index (χ1v) is 9.01. The molecule has 5 heteroatoms. The topological polar surface area (TPSA) is 33.0 Å². The van der Waals surface area contributed by atoms with Gasteiger partial charge in [0.15, 0.2) is 0 Å². The van der Waals surface area contributed by atoms with Crippen molar-refractivity contribution in [3.05, 3.63) is 35.9 Å². The third kappa shape index (κ3) is 4.98. The molecule has 0 N–H and O–H groups in total. The second kappa shape index (κ2) is 8.12. The Morgan fingerprint density at radius 2 is 2.33 bits per heavy atom. The SMILES string of the molecule is N#CSc1ccccc1/C=C\COPI. The number of halogens is 1. The first kappa shape index (κ1) is 13.0. The second-order valence-corrected chi connectivity index (χ2v) is 5.11. The fraction of sp³-hybridized carbons (Fsp3) is 0.100. The van der Waals surface area contributed by atoms with E-state index in [0.29, 0.717) is 13.1 Å². The number of thiocyanates is 1. The van der Waals surface area contributed by atoms with Gasteiger partial charge in [0.1, 0.15) is 5.40 Å². The van der Waals surface area contributed by atoms with Crippen molar-refractivity contribution in [3.8, 4) is 5.40 Å². The lowest BCUT2D eigenvalue weighted by Gasteiger charge is -1.99. The van der Waals surface area contributed by atoms with Crippen LogP contribution < -0.4 is 0 Å². The Hall–Kier alpha value is -0.0800. The molecule has 1 rings (SSSR count). The predicted molar refractivity (Wildman–Crippen MR) is 75.2 cm³/mol. The molecule has 0 fully saturated rings. The molecule has 0 spiro atoms. The maximum Gasteiger partial charge on any atom is 0.138 e. The van der Waals surface area contributed by atoms with E-state index >= 15 is 0 Å². The number of nitrogens with zero attached hydrogens (tertiary/aromatic N) is 1. The molecule has 1 aromatic rings. The molecule has 0 aliphatic carbocycles. The maximum absolute atomic E-state index is 8.62. The number of thioether (sulfide) groups is 1. The van der Waals surface area contributed by atoms with E-state index in [9.17, 15) is 0 Å². The van der Waals surface area contributed by atoms with Crippen molar-refractivity contribution in [1.82, 2.24) is 0 Å². The minimum atomic E-state index is 0.484. The lowest BCUT2D eigenvalue weighted by molar-refractivity contribution is 0.426. The molecule has 1 atom stereocenters. The van der Waals surface area contributed by atoms with Crippen LogP contribution in [0.1, 0.15) is 5.56 Å². The first-order chi connectivity index (χ1) is 7.38. The highest BCUT2D eigenvalue weighted by Gasteiger charge is 1.97. The molecule has 0 radical (unpaired) electrons. The van der Waals surface area contributed by atoms with Gasteiger partial charge in [0.25, 0.3) is 0 Å². The van der Waals surface area contributed by atoms with E-state index in [-0.39, 0.29) is 0 Å². The van der Waals surface area contributed by atoms with Crippen molar-refractivity contribution in [1.29, 1.82) is 5.26 Å². The van der Waals surface area contributed by atoms with Gasteiger partial charge in [-0.1, -0.05) is 30.4 Å². The third-order valence-corrected chi connectivity index (χ3v) is 3.50. The Labute approximate surface area is 108 Å². The van der Waals surface area contributed by atoms with Crippen LogP contribution >= 0.6 is 40.3 Å². The molecule has 0 aromatic heterocycles. The second-order valence-electron chi connectivity index (χ2n) is 2.52. The predicted octanol–water partition coefficient (Wildman–Crippen LogP) is 4.23. The van der Waals surface area contributed by atoms with Gasteiger partial charge in [-0.05, 0) is 45.4 Å². The molecular weight excluding hydrogens is 340 g/mol. The minimum Gasteiger partial charge on any atom is -0.348 e. The van der Waals surface area contributed by atoms with Crippen LogP contribution in [-0.4, -0.2) is 6.61 Å². The molecule has 0 aliphatic rings.